The zero-order valence-corrected chi connectivity index (χ0v) is 10.1. The average molecular weight is 236 g/mol. The first kappa shape index (κ1) is 11.0. The highest BCUT2D eigenvalue weighted by molar-refractivity contribution is 5.85. The van der Waals surface area contributed by atoms with E-state index in [1.165, 1.54) is 16.8 Å². The highest BCUT2D eigenvalue weighted by atomic mass is 35.5. The summed E-state index contributed by atoms with van der Waals surface area (Å²) in [6.07, 6.45) is 0.984. The van der Waals surface area contributed by atoms with Gasteiger partial charge < -0.3 is 5.32 Å². The number of hydrogen-bond acceptors (Lipinski definition) is 2. The number of aromatic nitrogens is 2. The second-order valence-corrected chi connectivity index (χ2v) is 4.00. The molecular formula is C12H14ClN3. The molecule has 3 rings (SSSR count). The van der Waals surface area contributed by atoms with Crippen molar-refractivity contribution in [3.8, 4) is 0 Å². The first-order valence-corrected chi connectivity index (χ1v) is 5.13. The minimum absolute atomic E-state index is 0. The van der Waals surface area contributed by atoms with Crippen LogP contribution in [0.1, 0.15) is 16.8 Å². The van der Waals surface area contributed by atoms with Gasteiger partial charge in [-0.3, -0.25) is 4.68 Å². The predicted molar refractivity (Wildman–Crippen MR) is 67.7 cm³/mol. The molecule has 0 saturated carbocycles. The lowest BCUT2D eigenvalue weighted by Gasteiger charge is -2.18. The third-order valence-electron chi connectivity index (χ3n) is 2.98. The maximum Gasteiger partial charge on any atom is 0.132 e. The Hall–Kier alpha value is -1.48. The summed E-state index contributed by atoms with van der Waals surface area (Å²) in [6, 6.07) is 8.41. The van der Waals surface area contributed by atoms with Crippen molar-refractivity contribution in [1.82, 2.24) is 9.78 Å². The fraction of sp³-hybridized carbons (Fsp3) is 0.250. The number of hydrogen-bond donors (Lipinski definition) is 1. The molecule has 3 nitrogen and oxygen atoms in total. The lowest BCUT2D eigenvalue weighted by Crippen LogP contribution is -2.08. The van der Waals surface area contributed by atoms with Crippen LogP contribution in [0.2, 0.25) is 0 Å². The van der Waals surface area contributed by atoms with E-state index in [0.29, 0.717) is 0 Å². The average Bonchev–Trinajstić information content (AvgIpc) is 2.52. The molecule has 0 atom stereocenters. The number of aryl methyl sites for hydroxylation is 2. The van der Waals surface area contributed by atoms with Crippen molar-refractivity contribution in [2.45, 2.75) is 13.3 Å². The van der Waals surface area contributed by atoms with Crippen LogP contribution in [-0.2, 0) is 13.5 Å². The number of nitrogens with one attached hydrogen (secondary N) is 1. The molecule has 0 aliphatic carbocycles. The molecule has 1 aromatic carbocycles. The van der Waals surface area contributed by atoms with Gasteiger partial charge in [-0.15, -0.1) is 12.4 Å². The fourth-order valence-corrected chi connectivity index (χ4v) is 2.18. The monoisotopic (exact) mass is 235 g/mol. The summed E-state index contributed by atoms with van der Waals surface area (Å²) in [5, 5.41) is 7.86. The smallest absolute Gasteiger partial charge is 0.132 e. The quantitative estimate of drug-likeness (QED) is 0.650. The van der Waals surface area contributed by atoms with Gasteiger partial charge in [0.15, 0.2) is 0 Å². The Balaban J connectivity index is 0.000000963. The normalized spacial score (nSPS) is 12.1. The first-order chi connectivity index (χ1) is 7.25. The van der Waals surface area contributed by atoms with Gasteiger partial charge in [-0.1, -0.05) is 18.2 Å². The minimum atomic E-state index is 0. The molecule has 1 aliphatic rings. The van der Waals surface area contributed by atoms with Crippen LogP contribution in [0, 0.1) is 6.92 Å². The lowest BCUT2D eigenvalue weighted by molar-refractivity contribution is 0.764. The number of halogens is 1. The van der Waals surface area contributed by atoms with Crippen molar-refractivity contribution < 1.29 is 0 Å². The molecule has 16 heavy (non-hydrogen) atoms. The van der Waals surface area contributed by atoms with Gasteiger partial charge in [-0.2, -0.15) is 5.10 Å². The van der Waals surface area contributed by atoms with E-state index in [-0.39, 0.29) is 12.4 Å². The second kappa shape index (κ2) is 3.83. The molecule has 1 aliphatic heterocycles. The number of anilines is 2. The van der Waals surface area contributed by atoms with E-state index in [4.69, 9.17) is 0 Å². The Morgan fingerprint density at radius 3 is 2.88 bits per heavy atom. The van der Waals surface area contributed by atoms with Gasteiger partial charge in [-0.05, 0) is 18.6 Å². The summed E-state index contributed by atoms with van der Waals surface area (Å²) in [6.45, 7) is 2.06. The van der Waals surface area contributed by atoms with Crippen LogP contribution < -0.4 is 5.32 Å². The SMILES string of the molecule is Cc1nn(C)c2c1Cc1ccccc1N2.Cl. The molecule has 2 aromatic rings. The Morgan fingerprint density at radius 2 is 2.06 bits per heavy atom. The third-order valence-corrected chi connectivity index (χ3v) is 2.98. The summed E-state index contributed by atoms with van der Waals surface area (Å²) in [5.41, 5.74) is 4.99. The summed E-state index contributed by atoms with van der Waals surface area (Å²) >= 11 is 0. The van der Waals surface area contributed by atoms with Gasteiger partial charge in [0.05, 0.1) is 5.69 Å². The molecule has 4 heteroatoms. The van der Waals surface area contributed by atoms with Gasteiger partial charge >= 0.3 is 0 Å². The maximum absolute atomic E-state index is 4.43. The highest BCUT2D eigenvalue weighted by Gasteiger charge is 2.20. The Labute approximate surface area is 101 Å². The van der Waals surface area contributed by atoms with E-state index < -0.39 is 0 Å². The first-order valence-electron chi connectivity index (χ1n) is 5.13. The predicted octanol–water partition coefficient (Wildman–Crippen LogP) is 2.80. The van der Waals surface area contributed by atoms with Gasteiger partial charge in [0.1, 0.15) is 5.82 Å². The minimum Gasteiger partial charge on any atom is -0.340 e. The van der Waals surface area contributed by atoms with Crippen LogP contribution >= 0.6 is 12.4 Å². The van der Waals surface area contributed by atoms with Crippen molar-refractivity contribution in [2.24, 2.45) is 7.05 Å². The largest absolute Gasteiger partial charge is 0.340 e. The molecule has 1 aromatic heterocycles. The standard InChI is InChI=1S/C12H13N3.ClH/c1-8-10-7-9-5-3-4-6-11(9)13-12(10)15(2)14-8;/h3-6,13H,7H2,1-2H3;1H. The highest BCUT2D eigenvalue weighted by Crippen LogP contribution is 2.33. The molecule has 0 fully saturated rings. The number of nitrogens with zero attached hydrogens (tertiary/aromatic N) is 2. The van der Waals surface area contributed by atoms with Crippen LogP contribution in [0.25, 0.3) is 0 Å². The van der Waals surface area contributed by atoms with Crippen LogP contribution in [0.5, 0.6) is 0 Å². The Bertz CT molecular complexity index is 486. The summed E-state index contributed by atoms with van der Waals surface area (Å²) < 4.78 is 1.92. The topological polar surface area (TPSA) is 29.9 Å². The van der Waals surface area contributed by atoms with E-state index in [1.807, 2.05) is 11.7 Å². The van der Waals surface area contributed by atoms with Crippen LogP contribution in [0.15, 0.2) is 24.3 Å². The van der Waals surface area contributed by atoms with Crippen molar-refractivity contribution in [1.29, 1.82) is 0 Å². The van der Waals surface area contributed by atoms with E-state index >= 15 is 0 Å². The lowest BCUT2D eigenvalue weighted by atomic mass is 10.00. The molecule has 0 amide bonds. The molecule has 0 bridgehead atoms. The molecular weight excluding hydrogens is 222 g/mol. The zero-order chi connectivity index (χ0) is 10.4. The van der Waals surface area contributed by atoms with E-state index in [2.05, 4.69) is 41.6 Å². The van der Waals surface area contributed by atoms with E-state index in [9.17, 15) is 0 Å². The Morgan fingerprint density at radius 1 is 1.31 bits per heavy atom. The van der Waals surface area contributed by atoms with Crippen molar-refractivity contribution in [3.05, 3.63) is 41.1 Å². The number of benzene rings is 1. The number of rotatable bonds is 0. The van der Waals surface area contributed by atoms with Gasteiger partial charge in [-0.25, -0.2) is 0 Å². The van der Waals surface area contributed by atoms with Gasteiger partial charge in [0, 0.05) is 24.7 Å². The zero-order valence-electron chi connectivity index (χ0n) is 9.32. The number of fused-ring (bicyclic) bond motifs is 2. The van der Waals surface area contributed by atoms with Crippen LogP contribution in [0.3, 0.4) is 0 Å². The summed E-state index contributed by atoms with van der Waals surface area (Å²) in [7, 11) is 1.98. The van der Waals surface area contributed by atoms with E-state index in [1.54, 1.807) is 0 Å². The van der Waals surface area contributed by atoms with Crippen LogP contribution in [-0.4, -0.2) is 9.78 Å². The number of para-hydroxylation sites is 1. The van der Waals surface area contributed by atoms with E-state index in [0.717, 1.165) is 17.9 Å². The van der Waals surface area contributed by atoms with Crippen LogP contribution in [0.4, 0.5) is 11.5 Å². The maximum atomic E-state index is 4.43. The molecule has 0 unspecified atom stereocenters. The van der Waals surface area contributed by atoms with Gasteiger partial charge in [0.25, 0.3) is 0 Å². The van der Waals surface area contributed by atoms with Crippen molar-refractivity contribution in [2.75, 3.05) is 5.32 Å². The van der Waals surface area contributed by atoms with Gasteiger partial charge in [0.2, 0.25) is 0 Å². The second-order valence-electron chi connectivity index (χ2n) is 4.00. The fourth-order valence-electron chi connectivity index (χ4n) is 2.18. The van der Waals surface area contributed by atoms with Crippen molar-refractivity contribution in [3.63, 3.8) is 0 Å². The summed E-state index contributed by atoms with van der Waals surface area (Å²) in [5.74, 6) is 1.13. The molecule has 0 radical (unpaired) electrons. The summed E-state index contributed by atoms with van der Waals surface area (Å²) in [4.78, 5) is 0. The Kier molecular flexibility index (Phi) is 2.64. The molecule has 0 saturated heterocycles. The molecule has 0 spiro atoms. The molecule has 2 heterocycles. The third kappa shape index (κ3) is 1.48. The van der Waals surface area contributed by atoms with Crippen molar-refractivity contribution >= 4 is 23.9 Å². The molecule has 1 N–H and O–H groups in total. The molecule has 84 valence electrons.